The minimum absolute atomic E-state index is 0.155. The number of piperidine rings is 1. The molecule has 26 heavy (non-hydrogen) atoms. The molecular weight excluding hydrogens is 330 g/mol. The summed E-state index contributed by atoms with van der Waals surface area (Å²) in [6.45, 7) is 19.1. The van der Waals surface area contributed by atoms with Gasteiger partial charge in [0.2, 0.25) is 0 Å². The van der Waals surface area contributed by atoms with Gasteiger partial charge in [-0.15, -0.1) is 0 Å². The smallest absolute Gasteiger partial charge is 0.410 e. The molecule has 0 unspecified atom stereocenters. The van der Waals surface area contributed by atoms with Crippen molar-refractivity contribution in [3.8, 4) is 0 Å². The van der Waals surface area contributed by atoms with Gasteiger partial charge in [0, 0.05) is 31.3 Å². The number of esters is 1. The first-order valence-electron chi connectivity index (χ1n) is 9.91. The van der Waals surface area contributed by atoms with Gasteiger partial charge in [0.25, 0.3) is 0 Å². The third kappa shape index (κ3) is 5.14. The van der Waals surface area contributed by atoms with E-state index in [1.807, 2.05) is 41.5 Å². The molecule has 1 aliphatic heterocycles. The fraction of sp³-hybridized carbons (Fsp3) is 0.905. The van der Waals surface area contributed by atoms with E-state index >= 15 is 0 Å². The van der Waals surface area contributed by atoms with Crippen molar-refractivity contribution in [2.75, 3.05) is 13.1 Å². The highest BCUT2D eigenvalue weighted by Crippen LogP contribution is 2.44. The second-order valence-corrected chi connectivity index (χ2v) is 9.84. The van der Waals surface area contributed by atoms with Crippen molar-refractivity contribution in [3.05, 3.63) is 0 Å². The molecule has 5 nitrogen and oxygen atoms in total. The predicted octanol–water partition coefficient (Wildman–Crippen LogP) is 5.17. The average Bonchev–Trinajstić information content (AvgIpc) is 2.53. The largest absolute Gasteiger partial charge is 0.458 e. The predicted molar refractivity (Wildman–Crippen MR) is 104 cm³/mol. The van der Waals surface area contributed by atoms with Crippen molar-refractivity contribution in [1.82, 2.24) is 4.90 Å². The van der Waals surface area contributed by atoms with Gasteiger partial charge in [-0.1, -0.05) is 34.6 Å². The Morgan fingerprint density at radius 2 is 1.42 bits per heavy atom. The molecule has 0 aromatic rings. The molecule has 0 N–H and O–H groups in total. The van der Waals surface area contributed by atoms with E-state index in [1.165, 1.54) is 0 Å². The molecule has 0 atom stereocenters. The second-order valence-electron chi connectivity index (χ2n) is 9.84. The summed E-state index contributed by atoms with van der Waals surface area (Å²) in [5.74, 6) is -0.155. The third-order valence-electron chi connectivity index (χ3n) is 6.14. The minimum Gasteiger partial charge on any atom is -0.458 e. The lowest BCUT2D eigenvalue weighted by atomic mass is 9.70. The van der Waals surface area contributed by atoms with Gasteiger partial charge in [-0.25, -0.2) is 4.79 Å². The first-order chi connectivity index (χ1) is 11.7. The highest BCUT2D eigenvalue weighted by molar-refractivity contribution is 5.76. The fourth-order valence-electron chi connectivity index (χ4n) is 2.89. The third-order valence-corrected chi connectivity index (χ3v) is 6.14. The molecule has 0 saturated carbocycles. The van der Waals surface area contributed by atoms with E-state index in [0.717, 1.165) is 12.8 Å². The Hall–Kier alpha value is -1.26. The van der Waals surface area contributed by atoms with Gasteiger partial charge in [0.15, 0.2) is 0 Å². The highest BCUT2D eigenvalue weighted by Gasteiger charge is 2.50. The van der Waals surface area contributed by atoms with Crippen molar-refractivity contribution < 1.29 is 19.1 Å². The van der Waals surface area contributed by atoms with Crippen molar-refractivity contribution in [2.24, 2.45) is 10.8 Å². The lowest BCUT2D eigenvalue weighted by Crippen LogP contribution is -2.56. The SMILES string of the molecule is CCC(C)(C)OC(=O)N1CCC(OC(=O)C(C)(C)CC)(C(C)(C)C)CC1. The molecule has 0 radical (unpaired) electrons. The topological polar surface area (TPSA) is 55.8 Å². The molecule has 0 spiro atoms. The van der Waals surface area contributed by atoms with Gasteiger partial charge in [-0.05, 0) is 40.5 Å². The Labute approximate surface area is 159 Å². The second kappa shape index (κ2) is 7.77. The van der Waals surface area contributed by atoms with Crippen LogP contribution in [0.15, 0.2) is 0 Å². The van der Waals surface area contributed by atoms with Gasteiger partial charge in [0.1, 0.15) is 11.2 Å². The van der Waals surface area contributed by atoms with E-state index in [1.54, 1.807) is 4.90 Å². The Morgan fingerprint density at radius 3 is 1.81 bits per heavy atom. The molecule has 1 saturated heterocycles. The van der Waals surface area contributed by atoms with Crippen molar-refractivity contribution in [1.29, 1.82) is 0 Å². The maximum absolute atomic E-state index is 12.7. The molecule has 1 aliphatic rings. The number of hydrogen-bond acceptors (Lipinski definition) is 4. The lowest BCUT2D eigenvalue weighted by Gasteiger charge is -2.49. The van der Waals surface area contributed by atoms with E-state index in [-0.39, 0.29) is 17.5 Å². The zero-order valence-electron chi connectivity index (χ0n) is 18.3. The monoisotopic (exact) mass is 369 g/mol. The summed E-state index contributed by atoms with van der Waals surface area (Å²) >= 11 is 0. The summed E-state index contributed by atoms with van der Waals surface area (Å²) in [6, 6.07) is 0. The van der Waals surface area contributed by atoms with Gasteiger partial charge in [0.05, 0.1) is 5.41 Å². The summed E-state index contributed by atoms with van der Waals surface area (Å²) in [7, 11) is 0. The van der Waals surface area contributed by atoms with Gasteiger partial charge in [-0.3, -0.25) is 4.79 Å². The average molecular weight is 370 g/mol. The summed E-state index contributed by atoms with van der Waals surface area (Å²) in [5.41, 5.74) is -1.73. The minimum atomic E-state index is -0.562. The van der Waals surface area contributed by atoms with Crippen LogP contribution in [0.4, 0.5) is 4.79 Å². The number of hydrogen-bond donors (Lipinski definition) is 0. The Kier molecular flexibility index (Phi) is 6.81. The van der Waals surface area contributed by atoms with Gasteiger partial charge in [-0.2, -0.15) is 0 Å². The van der Waals surface area contributed by atoms with Crippen LogP contribution in [0.3, 0.4) is 0 Å². The molecule has 1 heterocycles. The first-order valence-corrected chi connectivity index (χ1v) is 9.91. The van der Waals surface area contributed by atoms with Crippen LogP contribution in [0.2, 0.25) is 0 Å². The van der Waals surface area contributed by atoms with Gasteiger partial charge < -0.3 is 14.4 Å². The standard InChI is InChI=1S/C21H39NO4/c1-10-19(6,7)16(23)25-21(18(3,4)5)12-14-22(15-13-21)17(24)26-20(8,9)11-2/h10-15H2,1-9H3. The number of amides is 1. The number of ether oxygens (including phenoxy) is 2. The molecule has 0 aromatic carbocycles. The van der Waals surface area contributed by atoms with Crippen LogP contribution in [-0.2, 0) is 14.3 Å². The molecule has 5 heteroatoms. The quantitative estimate of drug-likeness (QED) is 0.627. The summed E-state index contributed by atoms with van der Waals surface area (Å²) in [5, 5.41) is 0. The molecule has 0 aliphatic carbocycles. The van der Waals surface area contributed by atoms with Crippen LogP contribution >= 0.6 is 0 Å². The Bertz CT molecular complexity index is 509. The summed E-state index contributed by atoms with van der Waals surface area (Å²) in [4.78, 5) is 26.9. The van der Waals surface area contributed by atoms with Crippen LogP contribution in [0, 0.1) is 10.8 Å². The van der Waals surface area contributed by atoms with Crippen molar-refractivity contribution >= 4 is 12.1 Å². The van der Waals surface area contributed by atoms with Crippen LogP contribution in [-0.4, -0.2) is 41.3 Å². The molecule has 1 rings (SSSR count). The molecule has 1 amide bonds. The summed E-state index contributed by atoms with van der Waals surface area (Å²) in [6.07, 6.45) is 2.48. The van der Waals surface area contributed by atoms with E-state index in [4.69, 9.17) is 9.47 Å². The van der Waals surface area contributed by atoms with E-state index in [0.29, 0.717) is 25.9 Å². The zero-order chi connectivity index (χ0) is 20.4. The van der Waals surface area contributed by atoms with Gasteiger partial charge >= 0.3 is 12.1 Å². The first kappa shape index (κ1) is 22.8. The van der Waals surface area contributed by atoms with Crippen molar-refractivity contribution in [2.45, 2.75) is 99.2 Å². The van der Waals surface area contributed by atoms with Crippen molar-refractivity contribution in [3.63, 3.8) is 0 Å². The van der Waals surface area contributed by atoms with E-state index < -0.39 is 16.6 Å². The summed E-state index contributed by atoms with van der Waals surface area (Å²) < 4.78 is 11.7. The lowest BCUT2D eigenvalue weighted by molar-refractivity contribution is -0.192. The number of rotatable bonds is 5. The number of nitrogens with zero attached hydrogens (tertiary/aromatic N) is 1. The van der Waals surface area contributed by atoms with Crippen LogP contribution in [0.25, 0.3) is 0 Å². The van der Waals surface area contributed by atoms with Crippen LogP contribution < -0.4 is 0 Å². The molecule has 1 fully saturated rings. The number of likely N-dealkylation sites (tertiary alicyclic amines) is 1. The number of carbonyl (C=O) groups excluding carboxylic acids is 2. The Morgan fingerprint density at radius 1 is 0.923 bits per heavy atom. The molecule has 0 aromatic heterocycles. The normalized spacial score (nSPS) is 18.4. The van der Waals surface area contributed by atoms with E-state index in [9.17, 15) is 9.59 Å². The highest BCUT2D eigenvalue weighted by atomic mass is 16.6. The fourth-order valence-corrected chi connectivity index (χ4v) is 2.89. The van der Waals surface area contributed by atoms with Crippen LogP contribution in [0.1, 0.15) is 88.0 Å². The zero-order valence-corrected chi connectivity index (χ0v) is 18.3. The van der Waals surface area contributed by atoms with Crippen LogP contribution in [0.5, 0.6) is 0 Å². The van der Waals surface area contributed by atoms with E-state index in [2.05, 4.69) is 20.8 Å². The Balaban J connectivity index is 2.88. The maximum atomic E-state index is 12.7. The molecular formula is C21H39NO4. The molecule has 152 valence electrons. The maximum Gasteiger partial charge on any atom is 0.410 e. The molecule has 0 bridgehead atoms. The number of carbonyl (C=O) groups is 2.